The fourth-order valence-corrected chi connectivity index (χ4v) is 3.17. The van der Waals surface area contributed by atoms with Crippen LogP contribution >= 0.6 is 0 Å². The van der Waals surface area contributed by atoms with E-state index in [1.165, 1.54) is 25.9 Å². The predicted octanol–water partition coefficient (Wildman–Crippen LogP) is 2.07. The van der Waals surface area contributed by atoms with Crippen LogP contribution in [0.1, 0.15) is 46.0 Å². The quantitative estimate of drug-likeness (QED) is 0.739. The van der Waals surface area contributed by atoms with E-state index in [1.54, 1.807) is 0 Å². The van der Waals surface area contributed by atoms with Crippen molar-refractivity contribution in [1.29, 1.82) is 5.26 Å². The van der Waals surface area contributed by atoms with Gasteiger partial charge >= 0.3 is 0 Å². The smallest absolute Gasteiger partial charge is 0.106 e. The number of likely N-dealkylation sites (tertiary alicyclic amines) is 1. The third-order valence-electron chi connectivity index (χ3n) is 4.70. The summed E-state index contributed by atoms with van der Waals surface area (Å²) >= 11 is 0. The molecule has 1 saturated heterocycles. The number of nitrogens with one attached hydrogen (secondary N) is 1. The van der Waals surface area contributed by atoms with Crippen molar-refractivity contribution < 1.29 is 0 Å². The van der Waals surface area contributed by atoms with Crippen molar-refractivity contribution in [3.8, 4) is 6.07 Å². The third-order valence-corrected chi connectivity index (χ3v) is 4.70. The minimum absolute atomic E-state index is 0.309. The zero-order chi connectivity index (χ0) is 15.0. The van der Waals surface area contributed by atoms with E-state index in [2.05, 4.69) is 49.1 Å². The molecular weight excluding hydrogens is 248 g/mol. The Kier molecular flexibility index (Phi) is 7.50. The molecule has 1 rings (SSSR count). The van der Waals surface area contributed by atoms with Crippen LogP contribution in [0.25, 0.3) is 0 Å². The van der Waals surface area contributed by atoms with Crippen molar-refractivity contribution in [1.82, 2.24) is 15.1 Å². The predicted molar refractivity (Wildman–Crippen MR) is 84.7 cm³/mol. The van der Waals surface area contributed by atoms with Gasteiger partial charge in [-0.1, -0.05) is 13.8 Å². The van der Waals surface area contributed by atoms with E-state index in [9.17, 15) is 5.26 Å². The van der Waals surface area contributed by atoms with Crippen molar-refractivity contribution in [3.05, 3.63) is 0 Å². The average molecular weight is 280 g/mol. The second kappa shape index (κ2) is 8.61. The molecule has 116 valence electrons. The Morgan fingerprint density at radius 2 is 1.95 bits per heavy atom. The largest absolute Gasteiger partial charge is 0.306 e. The van der Waals surface area contributed by atoms with Crippen molar-refractivity contribution in [2.24, 2.45) is 0 Å². The second-order valence-corrected chi connectivity index (χ2v) is 6.22. The van der Waals surface area contributed by atoms with Crippen molar-refractivity contribution in [2.75, 3.05) is 40.3 Å². The Balaban J connectivity index is 2.29. The van der Waals surface area contributed by atoms with E-state index in [-0.39, 0.29) is 5.54 Å². The Morgan fingerprint density at radius 3 is 2.40 bits per heavy atom. The highest BCUT2D eigenvalue weighted by molar-refractivity contribution is 5.06. The van der Waals surface area contributed by atoms with Gasteiger partial charge in [0.05, 0.1) is 6.07 Å². The topological polar surface area (TPSA) is 42.3 Å². The standard InChI is InChI=1S/C16H32N4/c1-5-16(14-17,18-6-2)10-7-11-20-12-8-15(9-13-20)19(3)4/h15,18H,5-13H2,1-4H3. The lowest BCUT2D eigenvalue weighted by Crippen LogP contribution is -2.45. The Morgan fingerprint density at radius 1 is 1.30 bits per heavy atom. The summed E-state index contributed by atoms with van der Waals surface area (Å²) in [7, 11) is 4.36. The Hall–Kier alpha value is -0.630. The van der Waals surface area contributed by atoms with Crippen molar-refractivity contribution in [2.45, 2.75) is 57.5 Å². The lowest BCUT2D eigenvalue weighted by atomic mass is 9.91. The molecule has 1 aliphatic rings. The fraction of sp³-hybridized carbons (Fsp3) is 0.938. The number of rotatable bonds is 8. The molecule has 0 bridgehead atoms. The van der Waals surface area contributed by atoms with Gasteiger partial charge in [0.2, 0.25) is 0 Å². The molecule has 0 amide bonds. The monoisotopic (exact) mass is 280 g/mol. The maximum absolute atomic E-state index is 9.41. The first-order chi connectivity index (χ1) is 9.56. The van der Waals surface area contributed by atoms with Crippen LogP contribution in [0.2, 0.25) is 0 Å². The highest BCUT2D eigenvalue weighted by Crippen LogP contribution is 2.19. The molecule has 1 N–H and O–H groups in total. The summed E-state index contributed by atoms with van der Waals surface area (Å²) in [5.74, 6) is 0. The van der Waals surface area contributed by atoms with E-state index in [1.807, 2.05) is 0 Å². The molecule has 1 atom stereocenters. The van der Waals surface area contributed by atoms with Gasteiger partial charge in [-0.3, -0.25) is 5.32 Å². The molecule has 20 heavy (non-hydrogen) atoms. The molecule has 1 heterocycles. The molecule has 0 radical (unpaired) electrons. The molecule has 4 nitrogen and oxygen atoms in total. The molecular formula is C16H32N4. The zero-order valence-electron chi connectivity index (χ0n) is 13.8. The van der Waals surface area contributed by atoms with Gasteiger partial charge in [0.1, 0.15) is 5.54 Å². The molecule has 1 unspecified atom stereocenters. The number of piperidine rings is 1. The third kappa shape index (κ3) is 5.05. The van der Waals surface area contributed by atoms with Gasteiger partial charge in [-0.05, 0) is 72.4 Å². The van der Waals surface area contributed by atoms with Gasteiger partial charge in [-0.2, -0.15) is 5.26 Å². The van der Waals surface area contributed by atoms with Crippen LogP contribution in [0, 0.1) is 11.3 Å². The number of nitriles is 1. The maximum Gasteiger partial charge on any atom is 0.106 e. The molecule has 1 fully saturated rings. The van der Waals surface area contributed by atoms with Crippen LogP contribution in [0.5, 0.6) is 0 Å². The van der Waals surface area contributed by atoms with E-state index in [0.717, 1.165) is 38.4 Å². The molecule has 0 aromatic carbocycles. The molecule has 0 aromatic heterocycles. The highest BCUT2D eigenvalue weighted by Gasteiger charge is 2.27. The number of hydrogen-bond acceptors (Lipinski definition) is 4. The minimum atomic E-state index is -0.309. The normalized spacial score (nSPS) is 20.8. The summed E-state index contributed by atoms with van der Waals surface area (Å²) in [6.45, 7) is 8.60. The molecule has 0 aliphatic carbocycles. The van der Waals surface area contributed by atoms with Gasteiger partial charge < -0.3 is 9.80 Å². The molecule has 1 aliphatic heterocycles. The Bertz CT molecular complexity index is 302. The maximum atomic E-state index is 9.41. The lowest BCUT2D eigenvalue weighted by Gasteiger charge is -2.35. The fourth-order valence-electron chi connectivity index (χ4n) is 3.17. The first-order valence-corrected chi connectivity index (χ1v) is 8.12. The van der Waals surface area contributed by atoms with E-state index < -0.39 is 0 Å². The van der Waals surface area contributed by atoms with E-state index in [0.29, 0.717) is 0 Å². The van der Waals surface area contributed by atoms with Crippen LogP contribution < -0.4 is 5.32 Å². The number of nitrogens with zero attached hydrogens (tertiary/aromatic N) is 3. The van der Waals surface area contributed by atoms with Gasteiger partial charge in [0, 0.05) is 6.04 Å². The molecule has 4 heteroatoms. The summed E-state index contributed by atoms with van der Waals surface area (Å²) in [5, 5.41) is 12.8. The van der Waals surface area contributed by atoms with Gasteiger partial charge in [0.25, 0.3) is 0 Å². The van der Waals surface area contributed by atoms with Gasteiger partial charge in [0.15, 0.2) is 0 Å². The zero-order valence-corrected chi connectivity index (χ0v) is 13.8. The van der Waals surface area contributed by atoms with Crippen LogP contribution in [-0.2, 0) is 0 Å². The summed E-state index contributed by atoms with van der Waals surface area (Å²) in [6.07, 6.45) is 5.51. The highest BCUT2D eigenvalue weighted by atomic mass is 15.2. The number of hydrogen-bond donors (Lipinski definition) is 1. The van der Waals surface area contributed by atoms with Gasteiger partial charge in [-0.25, -0.2) is 0 Å². The van der Waals surface area contributed by atoms with Crippen LogP contribution in [0.3, 0.4) is 0 Å². The minimum Gasteiger partial charge on any atom is -0.306 e. The van der Waals surface area contributed by atoms with Crippen LogP contribution in [0.15, 0.2) is 0 Å². The van der Waals surface area contributed by atoms with Crippen molar-refractivity contribution >= 4 is 0 Å². The average Bonchev–Trinajstić information content (AvgIpc) is 2.47. The first-order valence-electron chi connectivity index (χ1n) is 8.12. The second-order valence-electron chi connectivity index (χ2n) is 6.22. The Labute approximate surface area is 125 Å². The summed E-state index contributed by atoms with van der Waals surface area (Å²) in [5.41, 5.74) is -0.309. The van der Waals surface area contributed by atoms with Crippen LogP contribution in [0.4, 0.5) is 0 Å². The van der Waals surface area contributed by atoms with E-state index >= 15 is 0 Å². The summed E-state index contributed by atoms with van der Waals surface area (Å²) < 4.78 is 0. The van der Waals surface area contributed by atoms with E-state index in [4.69, 9.17) is 0 Å². The molecule has 0 spiro atoms. The summed E-state index contributed by atoms with van der Waals surface area (Å²) in [6, 6.07) is 3.24. The first kappa shape index (κ1) is 17.4. The molecule has 0 aromatic rings. The molecule has 0 saturated carbocycles. The van der Waals surface area contributed by atoms with Gasteiger partial charge in [-0.15, -0.1) is 0 Å². The SMILES string of the molecule is CCNC(C#N)(CC)CCCN1CCC(N(C)C)CC1. The summed E-state index contributed by atoms with van der Waals surface area (Å²) in [4.78, 5) is 4.91. The lowest BCUT2D eigenvalue weighted by molar-refractivity contribution is 0.141. The van der Waals surface area contributed by atoms with Crippen LogP contribution in [-0.4, -0.2) is 61.7 Å². The van der Waals surface area contributed by atoms with Crippen molar-refractivity contribution in [3.63, 3.8) is 0 Å².